The summed E-state index contributed by atoms with van der Waals surface area (Å²) in [7, 11) is 1.59. The Morgan fingerprint density at radius 1 is 1.05 bits per heavy atom. The van der Waals surface area contributed by atoms with Crippen LogP contribution in [0.3, 0.4) is 0 Å². The van der Waals surface area contributed by atoms with E-state index in [1.807, 2.05) is 50.2 Å². The summed E-state index contributed by atoms with van der Waals surface area (Å²) < 4.78 is 10.9. The van der Waals surface area contributed by atoms with Crippen molar-refractivity contribution in [2.24, 2.45) is 5.73 Å². The Hall–Kier alpha value is -1.71. The Balaban J connectivity index is 2.29. The molecule has 112 valence electrons. The fourth-order valence-corrected chi connectivity index (χ4v) is 2.31. The molecule has 4 heteroatoms. The van der Waals surface area contributed by atoms with Gasteiger partial charge in [0.2, 0.25) is 0 Å². The molecule has 0 aliphatic carbocycles. The third-order valence-corrected chi connectivity index (χ3v) is 3.44. The summed E-state index contributed by atoms with van der Waals surface area (Å²) in [5, 5.41) is 0.574. The van der Waals surface area contributed by atoms with Gasteiger partial charge in [-0.15, -0.1) is 0 Å². The molecule has 0 aromatic heterocycles. The fraction of sp³-hybridized carbons (Fsp3) is 0.294. The lowest BCUT2D eigenvalue weighted by atomic mass is 9.99. The number of ether oxygens (including phenoxy) is 2. The van der Waals surface area contributed by atoms with Gasteiger partial charge in [0.25, 0.3) is 0 Å². The van der Waals surface area contributed by atoms with Crippen molar-refractivity contribution in [1.29, 1.82) is 0 Å². The van der Waals surface area contributed by atoms with Crippen molar-refractivity contribution in [2.45, 2.75) is 26.0 Å². The molecule has 1 atom stereocenters. The van der Waals surface area contributed by atoms with Crippen molar-refractivity contribution >= 4 is 11.6 Å². The number of hydrogen-bond acceptors (Lipinski definition) is 3. The summed E-state index contributed by atoms with van der Waals surface area (Å²) in [6.45, 7) is 3.99. The van der Waals surface area contributed by atoms with E-state index in [-0.39, 0.29) is 12.1 Å². The molecule has 0 bridgehead atoms. The molecule has 2 aromatic carbocycles. The third-order valence-electron chi connectivity index (χ3n) is 3.12. The van der Waals surface area contributed by atoms with Crippen LogP contribution in [0.25, 0.3) is 0 Å². The van der Waals surface area contributed by atoms with Crippen molar-refractivity contribution in [3.05, 3.63) is 58.6 Å². The highest BCUT2D eigenvalue weighted by Crippen LogP contribution is 2.30. The molecule has 0 heterocycles. The first-order valence-corrected chi connectivity index (χ1v) is 7.24. The highest BCUT2D eigenvalue weighted by molar-refractivity contribution is 6.32. The topological polar surface area (TPSA) is 44.5 Å². The molecule has 2 aromatic rings. The van der Waals surface area contributed by atoms with Crippen LogP contribution in [0.4, 0.5) is 0 Å². The summed E-state index contributed by atoms with van der Waals surface area (Å²) >= 11 is 6.04. The quantitative estimate of drug-likeness (QED) is 0.901. The number of benzene rings is 2. The van der Waals surface area contributed by atoms with Crippen LogP contribution < -0.4 is 15.2 Å². The minimum atomic E-state index is -0.258. The summed E-state index contributed by atoms with van der Waals surface area (Å²) in [5.74, 6) is 1.44. The lowest BCUT2D eigenvalue weighted by Crippen LogP contribution is -2.13. The Morgan fingerprint density at radius 2 is 1.76 bits per heavy atom. The number of methoxy groups -OCH3 is 1. The van der Waals surface area contributed by atoms with Gasteiger partial charge in [0.1, 0.15) is 11.5 Å². The normalized spacial score (nSPS) is 12.3. The smallest absolute Gasteiger partial charge is 0.137 e. The van der Waals surface area contributed by atoms with Crippen molar-refractivity contribution in [3.8, 4) is 11.5 Å². The second-order valence-electron chi connectivity index (χ2n) is 5.11. The van der Waals surface area contributed by atoms with Crippen LogP contribution in [-0.2, 0) is 0 Å². The number of halogens is 1. The molecular weight excluding hydrogens is 286 g/mol. The average molecular weight is 306 g/mol. The Morgan fingerprint density at radius 3 is 2.43 bits per heavy atom. The van der Waals surface area contributed by atoms with Crippen LogP contribution >= 0.6 is 11.6 Å². The first-order valence-electron chi connectivity index (χ1n) is 6.87. The van der Waals surface area contributed by atoms with Crippen molar-refractivity contribution in [1.82, 2.24) is 0 Å². The molecule has 2 N–H and O–H groups in total. The van der Waals surface area contributed by atoms with Crippen molar-refractivity contribution in [3.63, 3.8) is 0 Å². The molecule has 0 fully saturated rings. The van der Waals surface area contributed by atoms with Gasteiger partial charge in [0.05, 0.1) is 24.3 Å². The molecule has 3 nitrogen and oxygen atoms in total. The van der Waals surface area contributed by atoms with Crippen LogP contribution in [-0.4, -0.2) is 13.2 Å². The molecular formula is C17H20ClNO2. The standard InChI is InChI=1S/C17H20ClNO2/c1-11(2)21-14-6-4-5-12(9-14)17(19)13-7-8-15(18)16(10-13)20-3/h4-11,17H,19H2,1-3H3. The first kappa shape index (κ1) is 15.7. The van der Waals surface area contributed by atoms with E-state index in [9.17, 15) is 0 Å². The molecule has 0 spiro atoms. The molecule has 1 unspecified atom stereocenters. The highest BCUT2D eigenvalue weighted by Gasteiger charge is 2.12. The van der Waals surface area contributed by atoms with E-state index in [0.717, 1.165) is 16.9 Å². The van der Waals surface area contributed by atoms with Gasteiger partial charge in [-0.1, -0.05) is 29.8 Å². The first-order chi connectivity index (χ1) is 10.0. The maximum absolute atomic E-state index is 6.34. The minimum absolute atomic E-state index is 0.132. The van der Waals surface area contributed by atoms with Gasteiger partial charge in [-0.05, 0) is 49.2 Å². The predicted molar refractivity (Wildman–Crippen MR) is 86.2 cm³/mol. The van der Waals surface area contributed by atoms with Gasteiger partial charge in [0.15, 0.2) is 0 Å². The van der Waals surface area contributed by atoms with E-state index in [1.165, 1.54) is 0 Å². The number of rotatable bonds is 5. The molecule has 2 rings (SSSR count). The summed E-state index contributed by atoms with van der Waals surface area (Å²) in [5.41, 5.74) is 8.26. The SMILES string of the molecule is COc1cc(C(N)c2cccc(OC(C)C)c2)ccc1Cl. The van der Waals surface area contributed by atoms with Gasteiger partial charge < -0.3 is 15.2 Å². The van der Waals surface area contributed by atoms with E-state index in [0.29, 0.717) is 10.8 Å². The zero-order chi connectivity index (χ0) is 15.4. The van der Waals surface area contributed by atoms with Gasteiger partial charge >= 0.3 is 0 Å². The van der Waals surface area contributed by atoms with Gasteiger partial charge in [-0.3, -0.25) is 0 Å². The molecule has 21 heavy (non-hydrogen) atoms. The van der Waals surface area contributed by atoms with E-state index >= 15 is 0 Å². The Kier molecular flexibility index (Phi) is 5.10. The lowest BCUT2D eigenvalue weighted by molar-refractivity contribution is 0.242. The largest absolute Gasteiger partial charge is 0.495 e. The maximum atomic E-state index is 6.34. The number of nitrogens with two attached hydrogens (primary N) is 1. The molecule has 0 aliphatic rings. The zero-order valence-corrected chi connectivity index (χ0v) is 13.2. The second-order valence-corrected chi connectivity index (χ2v) is 5.52. The van der Waals surface area contributed by atoms with Crippen LogP contribution in [0.5, 0.6) is 11.5 Å². The second kappa shape index (κ2) is 6.83. The van der Waals surface area contributed by atoms with Gasteiger partial charge in [0, 0.05) is 0 Å². The molecule has 0 saturated heterocycles. The minimum Gasteiger partial charge on any atom is -0.495 e. The molecule has 0 radical (unpaired) electrons. The van der Waals surface area contributed by atoms with Crippen LogP contribution in [0.2, 0.25) is 5.02 Å². The fourth-order valence-electron chi connectivity index (χ4n) is 2.12. The maximum Gasteiger partial charge on any atom is 0.137 e. The molecule has 0 saturated carbocycles. The molecule has 0 amide bonds. The van der Waals surface area contributed by atoms with E-state index < -0.39 is 0 Å². The van der Waals surface area contributed by atoms with E-state index in [2.05, 4.69) is 0 Å². The average Bonchev–Trinajstić information content (AvgIpc) is 2.46. The van der Waals surface area contributed by atoms with Crippen LogP contribution in [0, 0.1) is 0 Å². The highest BCUT2D eigenvalue weighted by atomic mass is 35.5. The molecule has 0 aliphatic heterocycles. The van der Waals surface area contributed by atoms with E-state index in [4.69, 9.17) is 26.8 Å². The lowest BCUT2D eigenvalue weighted by Gasteiger charge is -2.16. The Labute approximate surface area is 130 Å². The summed E-state index contributed by atoms with van der Waals surface area (Å²) in [4.78, 5) is 0. The van der Waals surface area contributed by atoms with Gasteiger partial charge in [-0.2, -0.15) is 0 Å². The monoisotopic (exact) mass is 305 g/mol. The van der Waals surface area contributed by atoms with Crippen LogP contribution in [0.1, 0.15) is 31.0 Å². The van der Waals surface area contributed by atoms with E-state index in [1.54, 1.807) is 13.2 Å². The van der Waals surface area contributed by atoms with Crippen LogP contribution in [0.15, 0.2) is 42.5 Å². The van der Waals surface area contributed by atoms with Crippen molar-refractivity contribution in [2.75, 3.05) is 7.11 Å². The predicted octanol–water partition coefficient (Wildman–Crippen LogP) is 4.18. The van der Waals surface area contributed by atoms with Gasteiger partial charge in [-0.25, -0.2) is 0 Å². The summed E-state index contributed by atoms with van der Waals surface area (Å²) in [6, 6.07) is 13.1. The zero-order valence-electron chi connectivity index (χ0n) is 12.5. The number of hydrogen-bond donors (Lipinski definition) is 1. The van der Waals surface area contributed by atoms with Crippen molar-refractivity contribution < 1.29 is 9.47 Å². The third kappa shape index (κ3) is 3.90. The Bertz CT molecular complexity index is 613. The summed E-state index contributed by atoms with van der Waals surface area (Å²) in [6.07, 6.45) is 0.132.